The van der Waals surface area contributed by atoms with E-state index in [1.165, 1.54) is 0 Å². The number of carbonyl (C=O) groups excluding carboxylic acids is 1. The average molecular weight is 393 g/mol. The first-order valence-electron chi connectivity index (χ1n) is 9.69. The Bertz CT molecular complexity index is 1050. The van der Waals surface area contributed by atoms with Crippen molar-refractivity contribution in [2.24, 2.45) is 0 Å². The Hall–Kier alpha value is -3.19. The van der Waals surface area contributed by atoms with Gasteiger partial charge in [0.1, 0.15) is 5.56 Å². The maximum absolute atomic E-state index is 12.3. The van der Waals surface area contributed by atoms with Crippen molar-refractivity contribution in [3.05, 3.63) is 87.6 Å². The Morgan fingerprint density at radius 2 is 1.86 bits per heavy atom. The van der Waals surface area contributed by atoms with Crippen LogP contribution in [0.1, 0.15) is 40.0 Å². The number of hydrogen-bond acceptors (Lipinski definition) is 5. The Morgan fingerprint density at radius 1 is 1.14 bits per heavy atom. The smallest absolute Gasteiger partial charge is 0.341 e. The highest BCUT2D eigenvalue weighted by molar-refractivity contribution is 5.90. The molecule has 29 heavy (non-hydrogen) atoms. The van der Waals surface area contributed by atoms with Crippen molar-refractivity contribution in [2.75, 3.05) is 19.8 Å². The molecule has 0 amide bonds. The van der Waals surface area contributed by atoms with Gasteiger partial charge in [-0.2, -0.15) is 5.10 Å². The zero-order valence-corrected chi connectivity index (χ0v) is 16.3. The van der Waals surface area contributed by atoms with Crippen LogP contribution in [0.2, 0.25) is 0 Å². The largest absolute Gasteiger partial charge is 0.462 e. The lowest BCUT2D eigenvalue weighted by molar-refractivity contribution is 0.00573. The molecule has 7 nitrogen and oxygen atoms in total. The predicted octanol–water partition coefficient (Wildman–Crippen LogP) is 2.43. The molecule has 1 saturated heterocycles. The van der Waals surface area contributed by atoms with Gasteiger partial charge < -0.3 is 14.0 Å². The maximum Gasteiger partial charge on any atom is 0.341 e. The molecular formula is C22H23N3O4. The molecule has 150 valence electrons. The summed E-state index contributed by atoms with van der Waals surface area (Å²) < 4.78 is 13.9. The summed E-state index contributed by atoms with van der Waals surface area (Å²) in [7, 11) is 0. The Labute approximate surface area is 168 Å². The number of nitrogens with zero attached hydrogens (tertiary/aromatic N) is 3. The van der Waals surface area contributed by atoms with Crippen molar-refractivity contribution in [3.63, 3.8) is 0 Å². The molecular weight excluding hydrogens is 370 g/mol. The number of rotatable bonds is 7. The summed E-state index contributed by atoms with van der Waals surface area (Å²) >= 11 is 0. The van der Waals surface area contributed by atoms with Gasteiger partial charge in [0.05, 0.1) is 44.5 Å². The molecule has 1 aliphatic rings. The molecule has 2 aromatic heterocycles. The molecule has 4 rings (SSSR count). The van der Waals surface area contributed by atoms with E-state index in [1.807, 2.05) is 30.3 Å². The highest BCUT2D eigenvalue weighted by Gasteiger charge is 2.29. The topological polar surface area (TPSA) is 75.4 Å². The molecule has 0 N–H and O–H groups in total. The molecule has 1 aliphatic heterocycles. The Morgan fingerprint density at radius 3 is 2.48 bits per heavy atom. The van der Waals surface area contributed by atoms with Crippen molar-refractivity contribution < 1.29 is 14.3 Å². The molecule has 3 aromatic rings. The summed E-state index contributed by atoms with van der Waals surface area (Å²) in [6, 6.07) is 13.2. The minimum atomic E-state index is -0.343. The van der Waals surface area contributed by atoms with Gasteiger partial charge in [-0.15, -0.1) is 0 Å². The Balaban J connectivity index is 1.49. The molecule has 0 spiro atoms. The van der Waals surface area contributed by atoms with Gasteiger partial charge >= 0.3 is 5.97 Å². The third-order valence-corrected chi connectivity index (χ3v) is 4.93. The molecule has 1 fully saturated rings. The summed E-state index contributed by atoms with van der Waals surface area (Å²) in [6.07, 6.45) is 3.53. The lowest BCUT2D eigenvalue weighted by Gasteiger charge is -2.24. The highest BCUT2D eigenvalue weighted by atomic mass is 16.5. The molecule has 3 heterocycles. The van der Waals surface area contributed by atoms with Gasteiger partial charge in [-0.1, -0.05) is 30.3 Å². The number of ether oxygens (including phenoxy) is 2. The zero-order chi connectivity index (χ0) is 20.2. The molecule has 0 unspecified atom stereocenters. The monoisotopic (exact) mass is 393 g/mol. The van der Waals surface area contributed by atoms with E-state index in [0.717, 1.165) is 16.8 Å². The second-order valence-electron chi connectivity index (χ2n) is 7.06. The van der Waals surface area contributed by atoms with Gasteiger partial charge in [0.25, 0.3) is 5.56 Å². The van der Waals surface area contributed by atoms with Crippen LogP contribution in [0, 0.1) is 0 Å². The third kappa shape index (κ3) is 4.30. The number of pyridine rings is 1. The van der Waals surface area contributed by atoms with Crippen LogP contribution >= 0.6 is 0 Å². The predicted molar refractivity (Wildman–Crippen MR) is 107 cm³/mol. The van der Waals surface area contributed by atoms with Crippen LogP contribution in [0.4, 0.5) is 0 Å². The lowest BCUT2D eigenvalue weighted by Crippen LogP contribution is -2.27. The summed E-state index contributed by atoms with van der Waals surface area (Å²) in [5.74, 6) is -0.202. The second-order valence-corrected chi connectivity index (χ2v) is 7.06. The van der Waals surface area contributed by atoms with Crippen LogP contribution in [0.3, 0.4) is 0 Å². The number of hydrogen-bond donors (Lipinski definition) is 0. The van der Waals surface area contributed by atoms with E-state index in [2.05, 4.69) is 5.10 Å². The van der Waals surface area contributed by atoms with Crippen LogP contribution in [0.15, 0.2) is 59.7 Å². The van der Waals surface area contributed by atoms with E-state index in [-0.39, 0.29) is 17.4 Å². The second kappa shape index (κ2) is 8.45. The normalized spacial score (nSPS) is 13.8. The number of carbonyl (C=O) groups is 1. The van der Waals surface area contributed by atoms with Gasteiger partial charge in [-0.25, -0.2) is 4.79 Å². The van der Waals surface area contributed by atoms with E-state index in [9.17, 15) is 9.59 Å². The quantitative estimate of drug-likeness (QED) is 0.577. The molecule has 0 bridgehead atoms. The summed E-state index contributed by atoms with van der Waals surface area (Å²) in [5.41, 5.74) is 3.34. The van der Waals surface area contributed by atoms with Gasteiger partial charge in [-0.05, 0) is 24.1 Å². The van der Waals surface area contributed by atoms with Gasteiger partial charge in [0.2, 0.25) is 0 Å². The first-order chi connectivity index (χ1) is 14.1. The van der Waals surface area contributed by atoms with Crippen molar-refractivity contribution >= 4 is 5.97 Å². The SMILES string of the molecule is CCOC(=O)c1cn(Cc2ccc(Cn3ccccc3=O)cc2)nc1C1COC1. The highest BCUT2D eigenvalue weighted by Crippen LogP contribution is 2.26. The van der Waals surface area contributed by atoms with Crippen molar-refractivity contribution in [2.45, 2.75) is 25.9 Å². The van der Waals surface area contributed by atoms with E-state index >= 15 is 0 Å². The minimum Gasteiger partial charge on any atom is -0.462 e. The van der Waals surface area contributed by atoms with Crippen LogP contribution in [-0.4, -0.2) is 40.1 Å². The summed E-state index contributed by atoms with van der Waals surface area (Å²) in [5, 5.41) is 4.62. The minimum absolute atomic E-state index is 0.0212. The first kappa shape index (κ1) is 19.1. The van der Waals surface area contributed by atoms with Crippen LogP contribution in [0.25, 0.3) is 0 Å². The fraction of sp³-hybridized carbons (Fsp3) is 0.318. The van der Waals surface area contributed by atoms with E-state index in [0.29, 0.717) is 38.5 Å². The van der Waals surface area contributed by atoms with Crippen LogP contribution in [0.5, 0.6) is 0 Å². The molecule has 7 heteroatoms. The van der Waals surface area contributed by atoms with Gasteiger partial charge in [0, 0.05) is 18.5 Å². The third-order valence-electron chi connectivity index (χ3n) is 4.93. The van der Waals surface area contributed by atoms with Gasteiger partial charge in [0.15, 0.2) is 0 Å². The number of esters is 1. The van der Waals surface area contributed by atoms with E-state index in [1.54, 1.807) is 40.7 Å². The fourth-order valence-corrected chi connectivity index (χ4v) is 3.30. The maximum atomic E-state index is 12.3. The zero-order valence-electron chi connectivity index (χ0n) is 16.3. The van der Waals surface area contributed by atoms with E-state index < -0.39 is 0 Å². The molecule has 0 saturated carbocycles. The standard InChI is InChI=1S/C22H23N3O4/c1-2-29-22(27)19-13-25(23-21(19)18-14-28-15-18)12-17-8-6-16(7-9-17)11-24-10-4-3-5-20(24)26/h3-10,13,18H,2,11-12,14-15H2,1H3. The molecule has 0 radical (unpaired) electrons. The summed E-state index contributed by atoms with van der Waals surface area (Å²) in [6.45, 7) is 4.36. The lowest BCUT2D eigenvalue weighted by atomic mass is 10.0. The molecule has 0 aliphatic carbocycles. The average Bonchev–Trinajstić information content (AvgIpc) is 3.07. The fourth-order valence-electron chi connectivity index (χ4n) is 3.30. The molecule has 1 aromatic carbocycles. The van der Waals surface area contributed by atoms with Crippen LogP contribution < -0.4 is 5.56 Å². The van der Waals surface area contributed by atoms with Gasteiger partial charge in [-0.3, -0.25) is 9.48 Å². The first-order valence-corrected chi connectivity index (χ1v) is 9.69. The summed E-state index contributed by atoms with van der Waals surface area (Å²) in [4.78, 5) is 24.1. The van der Waals surface area contributed by atoms with Crippen LogP contribution in [-0.2, 0) is 22.6 Å². The number of benzene rings is 1. The van der Waals surface area contributed by atoms with Crippen molar-refractivity contribution in [1.29, 1.82) is 0 Å². The molecule has 0 atom stereocenters. The Kier molecular flexibility index (Phi) is 5.57. The number of aromatic nitrogens is 3. The van der Waals surface area contributed by atoms with Crippen molar-refractivity contribution in [1.82, 2.24) is 14.3 Å². The van der Waals surface area contributed by atoms with Crippen molar-refractivity contribution in [3.8, 4) is 0 Å². The van der Waals surface area contributed by atoms with E-state index in [4.69, 9.17) is 9.47 Å².